The third-order valence-electron chi connectivity index (χ3n) is 4.85. The first-order valence-electron chi connectivity index (χ1n) is 8.73. The second-order valence-corrected chi connectivity index (χ2v) is 7.41. The lowest BCUT2D eigenvalue weighted by Crippen LogP contribution is -2.34. The number of anilines is 1. The molecule has 1 aliphatic rings. The van der Waals surface area contributed by atoms with Crippen molar-refractivity contribution in [1.82, 2.24) is 14.9 Å². The first kappa shape index (κ1) is 16.4. The van der Waals surface area contributed by atoms with Crippen LogP contribution in [0.2, 0.25) is 0 Å². The summed E-state index contributed by atoms with van der Waals surface area (Å²) in [5.41, 5.74) is 1.93. The van der Waals surface area contributed by atoms with Crippen molar-refractivity contribution in [3.8, 4) is 10.4 Å². The van der Waals surface area contributed by atoms with Gasteiger partial charge in [0.1, 0.15) is 18.0 Å². The summed E-state index contributed by atoms with van der Waals surface area (Å²) in [7, 11) is 0. The molecule has 1 atom stereocenters. The van der Waals surface area contributed by atoms with Crippen LogP contribution in [0.5, 0.6) is 0 Å². The lowest BCUT2D eigenvalue weighted by Gasteiger charge is -2.23. The Hall–Kier alpha value is -2.05. The summed E-state index contributed by atoms with van der Waals surface area (Å²) < 4.78 is 14.2. The van der Waals surface area contributed by atoms with Crippen molar-refractivity contribution in [1.29, 1.82) is 0 Å². The Morgan fingerprint density at radius 2 is 2.12 bits per heavy atom. The van der Waals surface area contributed by atoms with E-state index >= 15 is 0 Å². The predicted molar refractivity (Wildman–Crippen MR) is 102 cm³/mol. The van der Waals surface area contributed by atoms with Crippen molar-refractivity contribution in [3.63, 3.8) is 0 Å². The van der Waals surface area contributed by atoms with Crippen molar-refractivity contribution in [2.75, 3.05) is 25.0 Å². The minimum absolute atomic E-state index is 0.218. The number of likely N-dealkylation sites (tertiary alicyclic amines) is 1. The number of thiophene rings is 1. The molecular formula is C19H21FN4S. The molecule has 1 aromatic carbocycles. The highest BCUT2D eigenvalue weighted by Crippen LogP contribution is 2.35. The minimum Gasteiger partial charge on any atom is -0.367 e. The number of aromatic nitrogens is 2. The molecule has 4 nitrogen and oxygen atoms in total. The Balaban J connectivity index is 1.58. The van der Waals surface area contributed by atoms with E-state index in [4.69, 9.17) is 0 Å². The molecule has 4 rings (SSSR count). The molecule has 3 aromatic rings. The van der Waals surface area contributed by atoms with Gasteiger partial charge in [0.15, 0.2) is 0 Å². The van der Waals surface area contributed by atoms with Gasteiger partial charge in [-0.1, -0.05) is 19.1 Å². The van der Waals surface area contributed by atoms with Crippen LogP contribution in [-0.2, 0) is 0 Å². The summed E-state index contributed by atoms with van der Waals surface area (Å²) in [5.74, 6) is 0.676. The summed E-state index contributed by atoms with van der Waals surface area (Å²) in [6.45, 7) is 5.41. The number of hydrogen-bond donors (Lipinski definition) is 1. The van der Waals surface area contributed by atoms with Crippen LogP contribution in [0.15, 0.2) is 36.7 Å². The quantitative estimate of drug-likeness (QED) is 0.736. The number of benzene rings is 1. The van der Waals surface area contributed by atoms with Gasteiger partial charge in [0.05, 0.1) is 10.2 Å². The first-order chi connectivity index (χ1) is 12.2. The van der Waals surface area contributed by atoms with Crippen LogP contribution in [0.25, 0.3) is 20.7 Å². The highest BCUT2D eigenvalue weighted by molar-refractivity contribution is 7.22. The molecule has 25 heavy (non-hydrogen) atoms. The Morgan fingerprint density at radius 1 is 1.28 bits per heavy atom. The fraction of sp³-hybridized carbons (Fsp3) is 0.368. The van der Waals surface area contributed by atoms with E-state index in [0.717, 1.165) is 39.6 Å². The molecule has 3 heterocycles. The molecule has 0 radical (unpaired) electrons. The Bertz CT molecular complexity index is 861. The van der Waals surface area contributed by atoms with Gasteiger partial charge >= 0.3 is 0 Å². The van der Waals surface area contributed by atoms with Crippen molar-refractivity contribution < 1.29 is 4.39 Å². The van der Waals surface area contributed by atoms with E-state index in [2.05, 4.69) is 27.1 Å². The Morgan fingerprint density at radius 3 is 2.92 bits per heavy atom. The molecule has 130 valence electrons. The lowest BCUT2D eigenvalue weighted by atomic mass is 10.2. The van der Waals surface area contributed by atoms with Gasteiger partial charge in [-0.2, -0.15) is 0 Å². The largest absolute Gasteiger partial charge is 0.367 e. The second kappa shape index (κ2) is 7.06. The Kier molecular flexibility index (Phi) is 4.63. The van der Waals surface area contributed by atoms with E-state index < -0.39 is 0 Å². The van der Waals surface area contributed by atoms with Crippen LogP contribution >= 0.6 is 11.3 Å². The maximum absolute atomic E-state index is 13.1. The van der Waals surface area contributed by atoms with Crippen molar-refractivity contribution >= 4 is 27.4 Å². The molecule has 1 saturated heterocycles. The first-order valence-corrected chi connectivity index (χ1v) is 9.54. The number of likely N-dealkylation sites (N-methyl/N-ethyl adjacent to an activating group) is 1. The number of nitrogens with zero attached hydrogens (tertiary/aromatic N) is 3. The average Bonchev–Trinajstić information content (AvgIpc) is 3.27. The lowest BCUT2D eigenvalue weighted by molar-refractivity contribution is 0.277. The van der Waals surface area contributed by atoms with Gasteiger partial charge in [0.2, 0.25) is 0 Å². The Labute approximate surface area is 150 Å². The van der Waals surface area contributed by atoms with Crippen molar-refractivity contribution in [3.05, 3.63) is 42.5 Å². The van der Waals surface area contributed by atoms with Crippen LogP contribution in [0.3, 0.4) is 0 Å². The summed E-state index contributed by atoms with van der Waals surface area (Å²) in [5, 5.41) is 3.53. The molecule has 2 aromatic heterocycles. The van der Waals surface area contributed by atoms with E-state index in [9.17, 15) is 4.39 Å². The third kappa shape index (κ3) is 3.37. The van der Waals surface area contributed by atoms with E-state index in [1.165, 1.54) is 31.5 Å². The SMILES string of the molecule is CCN1CCCC1CNc1ncnc2cc(-c3ccc(F)cc3)sc12. The van der Waals surface area contributed by atoms with E-state index in [1.54, 1.807) is 29.8 Å². The standard InChI is InChI=1S/C19H21FN4S/c1-2-24-9-3-4-15(24)11-21-19-18-16(22-12-23-19)10-17(25-18)13-5-7-14(20)8-6-13/h5-8,10,12,15H,2-4,9,11H2,1H3,(H,21,22,23). The predicted octanol–water partition coefficient (Wildman–Crippen LogP) is 4.39. The molecule has 0 amide bonds. The van der Waals surface area contributed by atoms with Crippen LogP contribution in [0, 0.1) is 5.82 Å². The summed E-state index contributed by atoms with van der Waals surface area (Å²) >= 11 is 1.65. The third-order valence-corrected chi connectivity index (χ3v) is 6.03. The van der Waals surface area contributed by atoms with Crippen molar-refractivity contribution in [2.24, 2.45) is 0 Å². The van der Waals surface area contributed by atoms with Gasteiger partial charge in [-0.25, -0.2) is 14.4 Å². The topological polar surface area (TPSA) is 41.0 Å². The normalized spacial score (nSPS) is 18.1. The molecule has 1 N–H and O–H groups in total. The molecule has 0 bridgehead atoms. The van der Waals surface area contributed by atoms with Crippen LogP contribution in [0.4, 0.5) is 10.2 Å². The fourth-order valence-corrected chi connectivity index (χ4v) is 4.58. The summed E-state index contributed by atoms with van der Waals surface area (Å²) in [6, 6.07) is 9.21. The van der Waals surface area contributed by atoms with Gasteiger partial charge < -0.3 is 5.32 Å². The van der Waals surface area contributed by atoms with Gasteiger partial charge in [-0.15, -0.1) is 11.3 Å². The monoisotopic (exact) mass is 356 g/mol. The zero-order chi connectivity index (χ0) is 17.2. The number of halogens is 1. The molecule has 0 saturated carbocycles. The maximum Gasteiger partial charge on any atom is 0.147 e. The van der Waals surface area contributed by atoms with E-state index in [-0.39, 0.29) is 5.82 Å². The highest BCUT2D eigenvalue weighted by atomic mass is 32.1. The van der Waals surface area contributed by atoms with Gasteiger partial charge in [0.25, 0.3) is 0 Å². The van der Waals surface area contributed by atoms with Crippen LogP contribution in [-0.4, -0.2) is 40.5 Å². The van der Waals surface area contributed by atoms with E-state index in [0.29, 0.717) is 6.04 Å². The zero-order valence-corrected chi connectivity index (χ0v) is 15.0. The van der Waals surface area contributed by atoms with Crippen LogP contribution in [0.1, 0.15) is 19.8 Å². The molecule has 1 aliphatic heterocycles. The summed E-state index contributed by atoms with van der Waals surface area (Å²) in [6.07, 6.45) is 4.12. The van der Waals surface area contributed by atoms with Gasteiger partial charge in [-0.05, 0) is 49.7 Å². The number of hydrogen-bond acceptors (Lipinski definition) is 5. The summed E-state index contributed by atoms with van der Waals surface area (Å²) in [4.78, 5) is 12.4. The number of rotatable bonds is 5. The molecule has 0 aliphatic carbocycles. The smallest absolute Gasteiger partial charge is 0.147 e. The molecule has 0 spiro atoms. The molecule has 1 unspecified atom stereocenters. The minimum atomic E-state index is -0.218. The van der Waals surface area contributed by atoms with Crippen LogP contribution < -0.4 is 5.32 Å². The van der Waals surface area contributed by atoms with Gasteiger partial charge in [0, 0.05) is 17.5 Å². The molecule has 1 fully saturated rings. The second-order valence-electron chi connectivity index (χ2n) is 6.36. The van der Waals surface area contributed by atoms with Gasteiger partial charge in [-0.3, -0.25) is 4.90 Å². The molecule has 6 heteroatoms. The highest BCUT2D eigenvalue weighted by Gasteiger charge is 2.23. The van der Waals surface area contributed by atoms with E-state index in [1.807, 2.05) is 6.07 Å². The number of nitrogens with one attached hydrogen (secondary N) is 1. The molecular weight excluding hydrogens is 335 g/mol. The fourth-order valence-electron chi connectivity index (χ4n) is 3.49. The number of fused-ring (bicyclic) bond motifs is 1. The average molecular weight is 356 g/mol. The zero-order valence-electron chi connectivity index (χ0n) is 14.2. The van der Waals surface area contributed by atoms with Crippen molar-refractivity contribution in [2.45, 2.75) is 25.8 Å². The maximum atomic E-state index is 13.1.